The Labute approximate surface area is 140 Å². The van der Waals surface area contributed by atoms with E-state index in [2.05, 4.69) is 16.0 Å². The standard InChI is InChI=1S/C18H20N2O2S/c1-13(21)15-5-3-14(4-6-15)11-20-9-10-23-17-7-8-18(22-2)19-16(17)12-20/h3-8H,9-12H2,1-2H3. The Morgan fingerprint density at radius 2 is 2.04 bits per heavy atom. The second-order valence-electron chi connectivity index (χ2n) is 5.61. The molecule has 4 nitrogen and oxygen atoms in total. The highest BCUT2D eigenvalue weighted by Crippen LogP contribution is 2.28. The van der Waals surface area contributed by atoms with Crippen molar-refractivity contribution in [2.45, 2.75) is 24.9 Å². The molecule has 0 aliphatic carbocycles. The summed E-state index contributed by atoms with van der Waals surface area (Å²) in [5.74, 6) is 1.82. The molecule has 5 heteroatoms. The first-order chi connectivity index (χ1) is 11.2. The van der Waals surface area contributed by atoms with Crippen LogP contribution in [0.4, 0.5) is 0 Å². The summed E-state index contributed by atoms with van der Waals surface area (Å²) in [6, 6.07) is 11.9. The van der Waals surface area contributed by atoms with Crippen molar-refractivity contribution in [3.8, 4) is 5.88 Å². The van der Waals surface area contributed by atoms with Crippen LogP contribution in [0.2, 0.25) is 0 Å². The fraction of sp³-hybridized carbons (Fsp3) is 0.333. The van der Waals surface area contributed by atoms with Crippen LogP contribution in [0.5, 0.6) is 5.88 Å². The zero-order valence-electron chi connectivity index (χ0n) is 13.4. The maximum absolute atomic E-state index is 11.4. The number of pyridine rings is 1. The third-order valence-corrected chi connectivity index (χ3v) is 4.99. The van der Waals surface area contributed by atoms with Crippen molar-refractivity contribution in [1.29, 1.82) is 0 Å². The molecule has 0 saturated carbocycles. The molecule has 0 amide bonds. The summed E-state index contributed by atoms with van der Waals surface area (Å²) in [6.45, 7) is 4.28. The van der Waals surface area contributed by atoms with Gasteiger partial charge in [-0.25, -0.2) is 4.98 Å². The van der Waals surface area contributed by atoms with Crippen LogP contribution in [0.3, 0.4) is 0 Å². The molecule has 120 valence electrons. The lowest BCUT2D eigenvalue weighted by molar-refractivity contribution is 0.101. The number of ether oxygens (including phenoxy) is 1. The van der Waals surface area contributed by atoms with Gasteiger partial charge in [-0.2, -0.15) is 0 Å². The summed E-state index contributed by atoms with van der Waals surface area (Å²) in [5.41, 5.74) is 3.05. The van der Waals surface area contributed by atoms with Crippen LogP contribution in [-0.4, -0.2) is 35.1 Å². The van der Waals surface area contributed by atoms with Gasteiger partial charge in [0.25, 0.3) is 0 Å². The van der Waals surface area contributed by atoms with Crippen molar-refractivity contribution in [2.75, 3.05) is 19.4 Å². The number of benzene rings is 1. The Morgan fingerprint density at radius 1 is 1.26 bits per heavy atom. The lowest BCUT2D eigenvalue weighted by Gasteiger charge is -2.20. The first kappa shape index (κ1) is 16.0. The molecule has 1 aliphatic heterocycles. The first-order valence-corrected chi connectivity index (χ1v) is 8.63. The second-order valence-corrected chi connectivity index (χ2v) is 6.75. The number of hydrogen-bond donors (Lipinski definition) is 0. The van der Waals surface area contributed by atoms with Gasteiger partial charge >= 0.3 is 0 Å². The van der Waals surface area contributed by atoms with E-state index in [4.69, 9.17) is 4.74 Å². The molecule has 0 N–H and O–H groups in total. The molecule has 1 aromatic carbocycles. The molecule has 0 bridgehead atoms. The van der Waals surface area contributed by atoms with Crippen LogP contribution in [0.15, 0.2) is 41.3 Å². The highest BCUT2D eigenvalue weighted by molar-refractivity contribution is 7.99. The minimum Gasteiger partial charge on any atom is -0.481 e. The van der Waals surface area contributed by atoms with Crippen LogP contribution < -0.4 is 4.74 Å². The maximum atomic E-state index is 11.4. The Balaban J connectivity index is 1.74. The van der Waals surface area contributed by atoms with Crippen LogP contribution in [0.25, 0.3) is 0 Å². The molecular formula is C18H20N2O2S. The molecule has 0 atom stereocenters. The zero-order valence-corrected chi connectivity index (χ0v) is 14.2. The van der Waals surface area contributed by atoms with Gasteiger partial charge in [0.05, 0.1) is 12.8 Å². The number of Topliss-reactive ketones (excluding diaryl/α,β-unsaturated/α-hetero) is 1. The smallest absolute Gasteiger partial charge is 0.213 e. The van der Waals surface area contributed by atoms with Crippen molar-refractivity contribution < 1.29 is 9.53 Å². The molecule has 3 rings (SSSR count). The molecule has 2 aromatic rings. The summed E-state index contributed by atoms with van der Waals surface area (Å²) in [6.07, 6.45) is 0. The van der Waals surface area contributed by atoms with Gasteiger partial charge in [0, 0.05) is 41.9 Å². The number of carbonyl (C=O) groups is 1. The van der Waals surface area contributed by atoms with Gasteiger partial charge in [0.15, 0.2) is 5.78 Å². The Hall–Kier alpha value is -1.85. The number of carbonyl (C=O) groups excluding carboxylic acids is 1. The fourth-order valence-electron chi connectivity index (χ4n) is 2.64. The largest absolute Gasteiger partial charge is 0.481 e. The average Bonchev–Trinajstić information content (AvgIpc) is 2.76. The molecule has 0 fully saturated rings. The van der Waals surface area contributed by atoms with Crippen molar-refractivity contribution in [3.63, 3.8) is 0 Å². The van der Waals surface area contributed by atoms with E-state index in [0.29, 0.717) is 5.88 Å². The summed E-state index contributed by atoms with van der Waals surface area (Å²) in [5, 5.41) is 0. The molecule has 0 spiro atoms. The molecule has 23 heavy (non-hydrogen) atoms. The molecule has 1 aliphatic rings. The molecule has 0 radical (unpaired) electrons. The van der Waals surface area contributed by atoms with E-state index in [1.54, 1.807) is 14.0 Å². The Morgan fingerprint density at radius 3 is 2.74 bits per heavy atom. The summed E-state index contributed by atoms with van der Waals surface area (Å²) < 4.78 is 5.24. The number of nitrogens with zero attached hydrogens (tertiary/aromatic N) is 2. The molecule has 1 aromatic heterocycles. The van der Waals surface area contributed by atoms with Gasteiger partial charge in [-0.05, 0) is 18.6 Å². The monoisotopic (exact) mass is 328 g/mol. The summed E-state index contributed by atoms with van der Waals surface area (Å²) >= 11 is 1.85. The third-order valence-electron chi connectivity index (χ3n) is 3.92. The maximum Gasteiger partial charge on any atom is 0.213 e. The number of aromatic nitrogens is 1. The van der Waals surface area contributed by atoms with E-state index in [1.165, 1.54) is 10.5 Å². The topological polar surface area (TPSA) is 42.4 Å². The van der Waals surface area contributed by atoms with Crippen LogP contribution in [0, 0.1) is 0 Å². The highest BCUT2D eigenvalue weighted by Gasteiger charge is 2.17. The molecular weight excluding hydrogens is 308 g/mol. The van der Waals surface area contributed by atoms with Crippen LogP contribution in [-0.2, 0) is 13.1 Å². The van der Waals surface area contributed by atoms with E-state index in [-0.39, 0.29) is 5.78 Å². The number of ketones is 1. The molecule has 0 unspecified atom stereocenters. The van der Waals surface area contributed by atoms with Gasteiger partial charge in [-0.3, -0.25) is 9.69 Å². The molecule has 2 heterocycles. The number of thioether (sulfide) groups is 1. The molecule has 0 saturated heterocycles. The summed E-state index contributed by atoms with van der Waals surface area (Å²) in [7, 11) is 1.65. The Bertz CT molecular complexity index is 701. The predicted octanol–water partition coefficient (Wildman–Crippen LogP) is 3.40. The fourth-order valence-corrected chi connectivity index (χ4v) is 3.65. The van der Waals surface area contributed by atoms with Gasteiger partial charge in [-0.1, -0.05) is 24.3 Å². The number of fused-ring (bicyclic) bond motifs is 1. The van der Waals surface area contributed by atoms with Gasteiger partial charge in [-0.15, -0.1) is 11.8 Å². The number of hydrogen-bond acceptors (Lipinski definition) is 5. The van der Waals surface area contributed by atoms with E-state index in [0.717, 1.165) is 36.6 Å². The average molecular weight is 328 g/mol. The van der Waals surface area contributed by atoms with E-state index in [9.17, 15) is 4.79 Å². The quantitative estimate of drug-likeness (QED) is 0.805. The van der Waals surface area contributed by atoms with Gasteiger partial charge in [0.2, 0.25) is 5.88 Å². The van der Waals surface area contributed by atoms with Crippen molar-refractivity contribution in [3.05, 3.63) is 53.2 Å². The number of rotatable bonds is 4. The van der Waals surface area contributed by atoms with Crippen molar-refractivity contribution >= 4 is 17.5 Å². The SMILES string of the molecule is COc1ccc2c(n1)CN(Cc1ccc(C(C)=O)cc1)CCS2. The first-order valence-electron chi connectivity index (χ1n) is 7.64. The lowest BCUT2D eigenvalue weighted by atomic mass is 10.1. The minimum absolute atomic E-state index is 0.105. The van der Waals surface area contributed by atoms with Crippen molar-refractivity contribution in [2.24, 2.45) is 0 Å². The minimum atomic E-state index is 0.105. The van der Waals surface area contributed by atoms with Crippen LogP contribution in [0.1, 0.15) is 28.5 Å². The van der Waals surface area contributed by atoms with Crippen molar-refractivity contribution in [1.82, 2.24) is 9.88 Å². The van der Waals surface area contributed by atoms with E-state index in [1.807, 2.05) is 42.1 Å². The number of methoxy groups -OCH3 is 1. The van der Waals surface area contributed by atoms with Crippen LogP contribution >= 0.6 is 11.8 Å². The van der Waals surface area contributed by atoms with E-state index < -0.39 is 0 Å². The highest BCUT2D eigenvalue weighted by atomic mass is 32.2. The summed E-state index contributed by atoms with van der Waals surface area (Å²) in [4.78, 5) is 19.6. The normalized spacial score (nSPS) is 14.9. The zero-order chi connectivity index (χ0) is 16.2. The van der Waals surface area contributed by atoms with Gasteiger partial charge in [0.1, 0.15) is 0 Å². The second kappa shape index (κ2) is 7.15. The van der Waals surface area contributed by atoms with Gasteiger partial charge < -0.3 is 4.74 Å². The lowest BCUT2D eigenvalue weighted by Crippen LogP contribution is -2.24. The third kappa shape index (κ3) is 3.92. The van der Waals surface area contributed by atoms with E-state index >= 15 is 0 Å². The predicted molar refractivity (Wildman–Crippen MR) is 92.1 cm³/mol. The Kier molecular flexibility index (Phi) is 4.98.